The predicted octanol–water partition coefficient (Wildman–Crippen LogP) is 1.69. The van der Waals surface area contributed by atoms with E-state index in [0.29, 0.717) is 11.7 Å². The molecule has 21 heavy (non-hydrogen) atoms. The number of urea groups is 1. The zero-order valence-corrected chi connectivity index (χ0v) is 12.5. The van der Waals surface area contributed by atoms with Crippen molar-refractivity contribution in [3.05, 3.63) is 28.5 Å². The molecule has 0 radical (unpaired) electrons. The highest BCUT2D eigenvalue weighted by Crippen LogP contribution is 2.19. The summed E-state index contributed by atoms with van der Waals surface area (Å²) in [5.74, 6) is 0. The number of amides is 2. The molecule has 0 spiro atoms. The Morgan fingerprint density at radius 2 is 2.52 bits per heavy atom. The number of hydrogen-bond acceptors (Lipinski definition) is 5. The van der Waals surface area contributed by atoms with Crippen molar-refractivity contribution < 1.29 is 9.53 Å². The van der Waals surface area contributed by atoms with Crippen molar-refractivity contribution in [3.63, 3.8) is 0 Å². The number of aromatic amines is 1. The van der Waals surface area contributed by atoms with Gasteiger partial charge in [0.25, 0.3) is 0 Å². The molecule has 1 aliphatic rings. The van der Waals surface area contributed by atoms with Gasteiger partial charge in [-0.1, -0.05) is 0 Å². The van der Waals surface area contributed by atoms with Gasteiger partial charge in [-0.3, -0.25) is 10.4 Å². The number of aryl methyl sites for hydroxylation is 1. The standard InChI is InChI=1S/C13H17N5O2S/c1-20-6-10-7-21-13(16-10)17-12(19)15-9-2-3-11-8(4-9)5-14-18-11/h5,7,9H,2-4,6H2,1H3,(H,14,18)(H2,15,16,17,19). The third-order valence-electron chi connectivity index (χ3n) is 3.42. The maximum absolute atomic E-state index is 12.0. The first-order valence-corrected chi connectivity index (χ1v) is 7.64. The highest BCUT2D eigenvalue weighted by molar-refractivity contribution is 7.13. The third kappa shape index (κ3) is 3.40. The van der Waals surface area contributed by atoms with Crippen LogP contribution in [-0.4, -0.2) is 34.4 Å². The molecule has 1 atom stereocenters. The second kappa shape index (κ2) is 6.23. The average molecular weight is 307 g/mol. The molecule has 3 N–H and O–H groups in total. The maximum Gasteiger partial charge on any atom is 0.321 e. The molecule has 0 saturated carbocycles. The molecule has 2 heterocycles. The molecular formula is C13H17N5O2S. The van der Waals surface area contributed by atoms with E-state index < -0.39 is 0 Å². The lowest BCUT2D eigenvalue weighted by molar-refractivity contribution is 0.182. The van der Waals surface area contributed by atoms with Crippen LogP contribution in [-0.2, 0) is 24.2 Å². The van der Waals surface area contributed by atoms with E-state index in [-0.39, 0.29) is 12.1 Å². The van der Waals surface area contributed by atoms with Crippen molar-refractivity contribution in [3.8, 4) is 0 Å². The molecule has 0 aliphatic heterocycles. The molecule has 3 rings (SSSR count). The number of nitrogens with zero attached hydrogens (tertiary/aromatic N) is 2. The minimum absolute atomic E-state index is 0.133. The summed E-state index contributed by atoms with van der Waals surface area (Å²) in [5.41, 5.74) is 3.18. The summed E-state index contributed by atoms with van der Waals surface area (Å²) in [6, 6.07) is -0.0845. The van der Waals surface area contributed by atoms with Crippen molar-refractivity contribution in [2.75, 3.05) is 12.4 Å². The van der Waals surface area contributed by atoms with Crippen LogP contribution in [0.5, 0.6) is 0 Å². The molecule has 1 unspecified atom stereocenters. The van der Waals surface area contributed by atoms with Crippen molar-refractivity contribution in [1.82, 2.24) is 20.5 Å². The van der Waals surface area contributed by atoms with Crippen LogP contribution >= 0.6 is 11.3 Å². The van der Waals surface area contributed by atoms with Crippen LogP contribution < -0.4 is 10.6 Å². The minimum atomic E-state index is -0.217. The van der Waals surface area contributed by atoms with Crippen molar-refractivity contribution in [2.24, 2.45) is 0 Å². The number of methoxy groups -OCH3 is 1. The van der Waals surface area contributed by atoms with Gasteiger partial charge in [-0.2, -0.15) is 5.10 Å². The molecular weight excluding hydrogens is 290 g/mol. The zero-order valence-electron chi connectivity index (χ0n) is 11.7. The van der Waals surface area contributed by atoms with Crippen molar-refractivity contribution >= 4 is 22.5 Å². The van der Waals surface area contributed by atoms with Crippen molar-refractivity contribution in [2.45, 2.75) is 31.9 Å². The summed E-state index contributed by atoms with van der Waals surface area (Å²) in [6.07, 6.45) is 4.47. The lowest BCUT2D eigenvalue weighted by Gasteiger charge is -2.22. The Hall–Kier alpha value is -1.93. The highest BCUT2D eigenvalue weighted by atomic mass is 32.1. The van der Waals surface area contributed by atoms with E-state index in [0.717, 1.165) is 25.0 Å². The second-order valence-corrected chi connectivity index (χ2v) is 5.85. The number of aromatic nitrogens is 3. The van der Waals surface area contributed by atoms with Crippen LogP contribution in [0.25, 0.3) is 0 Å². The Balaban J connectivity index is 1.52. The van der Waals surface area contributed by atoms with Gasteiger partial charge in [0.2, 0.25) is 0 Å². The van der Waals surface area contributed by atoms with Gasteiger partial charge in [0.05, 0.1) is 18.5 Å². The van der Waals surface area contributed by atoms with Gasteiger partial charge in [0.15, 0.2) is 5.13 Å². The zero-order chi connectivity index (χ0) is 14.7. The molecule has 2 amide bonds. The summed E-state index contributed by atoms with van der Waals surface area (Å²) < 4.78 is 5.00. The average Bonchev–Trinajstić information content (AvgIpc) is 3.08. The molecule has 7 nitrogen and oxygen atoms in total. The minimum Gasteiger partial charge on any atom is -0.378 e. The van der Waals surface area contributed by atoms with Crippen LogP contribution in [0, 0.1) is 0 Å². The topological polar surface area (TPSA) is 91.9 Å². The fraction of sp³-hybridized carbons (Fsp3) is 0.462. The molecule has 8 heteroatoms. The third-order valence-corrected chi connectivity index (χ3v) is 4.22. The number of nitrogens with one attached hydrogen (secondary N) is 3. The van der Waals surface area contributed by atoms with Gasteiger partial charge >= 0.3 is 6.03 Å². The first-order valence-electron chi connectivity index (χ1n) is 6.76. The quantitative estimate of drug-likeness (QED) is 0.801. The summed E-state index contributed by atoms with van der Waals surface area (Å²) in [4.78, 5) is 16.3. The number of ether oxygens (including phenoxy) is 1. The number of H-pyrrole nitrogens is 1. The predicted molar refractivity (Wildman–Crippen MR) is 79.4 cm³/mol. The Bertz CT molecular complexity index is 624. The number of anilines is 1. The van der Waals surface area contributed by atoms with E-state index in [1.165, 1.54) is 22.6 Å². The van der Waals surface area contributed by atoms with Crippen LogP contribution in [0.3, 0.4) is 0 Å². The number of carbonyl (C=O) groups is 1. The number of carbonyl (C=O) groups excluding carboxylic acids is 1. The fourth-order valence-corrected chi connectivity index (χ4v) is 3.13. The maximum atomic E-state index is 12.0. The lowest BCUT2D eigenvalue weighted by Crippen LogP contribution is -2.41. The van der Waals surface area contributed by atoms with Crippen LogP contribution in [0.15, 0.2) is 11.6 Å². The summed E-state index contributed by atoms with van der Waals surface area (Å²) in [5, 5.41) is 15.2. The van der Waals surface area contributed by atoms with E-state index >= 15 is 0 Å². The first-order chi connectivity index (χ1) is 10.2. The van der Waals surface area contributed by atoms with E-state index in [2.05, 4.69) is 25.8 Å². The number of rotatable bonds is 4. The Labute approximate surface area is 126 Å². The molecule has 2 aromatic heterocycles. The first kappa shape index (κ1) is 14.0. The Morgan fingerprint density at radius 3 is 3.38 bits per heavy atom. The lowest BCUT2D eigenvalue weighted by atomic mass is 9.94. The molecule has 0 aromatic carbocycles. The molecule has 0 saturated heterocycles. The van der Waals surface area contributed by atoms with Gasteiger partial charge < -0.3 is 10.1 Å². The molecule has 1 aliphatic carbocycles. The van der Waals surface area contributed by atoms with Crippen molar-refractivity contribution in [1.29, 1.82) is 0 Å². The van der Waals surface area contributed by atoms with E-state index in [1.807, 2.05) is 11.6 Å². The van der Waals surface area contributed by atoms with E-state index in [4.69, 9.17) is 4.74 Å². The molecule has 0 fully saturated rings. The fourth-order valence-electron chi connectivity index (χ4n) is 2.44. The van der Waals surface area contributed by atoms with Crippen LogP contribution in [0.1, 0.15) is 23.4 Å². The largest absolute Gasteiger partial charge is 0.378 e. The van der Waals surface area contributed by atoms with E-state index in [9.17, 15) is 4.79 Å². The Morgan fingerprint density at radius 1 is 1.62 bits per heavy atom. The molecule has 2 aromatic rings. The normalized spacial score (nSPS) is 17.3. The van der Waals surface area contributed by atoms with Crippen LogP contribution in [0.4, 0.5) is 9.93 Å². The number of hydrogen-bond donors (Lipinski definition) is 3. The Kier molecular flexibility index (Phi) is 4.16. The highest BCUT2D eigenvalue weighted by Gasteiger charge is 2.21. The van der Waals surface area contributed by atoms with Gasteiger partial charge in [0.1, 0.15) is 0 Å². The summed E-state index contributed by atoms with van der Waals surface area (Å²) in [7, 11) is 1.62. The van der Waals surface area contributed by atoms with E-state index in [1.54, 1.807) is 7.11 Å². The number of thiazole rings is 1. The monoisotopic (exact) mass is 307 g/mol. The number of fused-ring (bicyclic) bond motifs is 1. The van der Waals surface area contributed by atoms with Gasteiger partial charge in [-0.25, -0.2) is 9.78 Å². The smallest absolute Gasteiger partial charge is 0.321 e. The second-order valence-electron chi connectivity index (χ2n) is 4.99. The van der Waals surface area contributed by atoms with Crippen LogP contribution in [0.2, 0.25) is 0 Å². The van der Waals surface area contributed by atoms with Gasteiger partial charge in [-0.05, 0) is 24.8 Å². The summed E-state index contributed by atoms with van der Waals surface area (Å²) in [6.45, 7) is 0.450. The van der Waals surface area contributed by atoms with Gasteiger partial charge in [0, 0.05) is 24.2 Å². The molecule has 0 bridgehead atoms. The van der Waals surface area contributed by atoms with Gasteiger partial charge in [-0.15, -0.1) is 11.3 Å². The molecule has 112 valence electrons. The summed E-state index contributed by atoms with van der Waals surface area (Å²) >= 11 is 1.39. The SMILES string of the molecule is COCc1csc(NC(=O)NC2CCc3[nH]ncc3C2)n1.